The van der Waals surface area contributed by atoms with Crippen LogP contribution in [0.4, 0.5) is 4.39 Å². The van der Waals surface area contributed by atoms with Crippen molar-refractivity contribution < 1.29 is 19.0 Å². The number of nitrogens with zero attached hydrogens (tertiary/aromatic N) is 1. The molecule has 1 N–H and O–H groups in total. The van der Waals surface area contributed by atoms with Gasteiger partial charge in [0, 0.05) is 6.20 Å². The lowest BCUT2D eigenvalue weighted by Gasteiger charge is -2.24. The summed E-state index contributed by atoms with van der Waals surface area (Å²) in [6, 6.07) is 1.15. The fourth-order valence-corrected chi connectivity index (χ4v) is 2.09. The Balaban J connectivity index is 2.22. The molecule has 80 valence electrons. The number of hydrogen-bond acceptors (Lipinski definition) is 4. The van der Waals surface area contributed by atoms with Gasteiger partial charge in [-0.05, 0) is 6.07 Å². The fraction of sp³-hybridized carbons (Fsp3) is 0.333. The molecule has 15 heavy (non-hydrogen) atoms. The smallest absolute Gasteiger partial charge is 0.338 e. The zero-order chi connectivity index (χ0) is 10.8. The minimum absolute atomic E-state index is 0.128. The van der Waals surface area contributed by atoms with Crippen LogP contribution in [0.5, 0.6) is 0 Å². The van der Waals surface area contributed by atoms with Crippen molar-refractivity contribution in [3.8, 4) is 0 Å². The SMILES string of the molecule is O=C(O)c1ccnc(SC2COC2)c1F. The molecule has 6 heteroatoms. The number of thioether (sulfide) groups is 1. The van der Waals surface area contributed by atoms with Gasteiger partial charge >= 0.3 is 5.97 Å². The lowest BCUT2D eigenvalue weighted by atomic mass is 10.3. The summed E-state index contributed by atoms with van der Waals surface area (Å²) in [4.78, 5) is 14.5. The quantitative estimate of drug-likeness (QED) is 0.849. The first-order chi connectivity index (χ1) is 7.18. The molecule has 0 bridgehead atoms. The summed E-state index contributed by atoms with van der Waals surface area (Å²) in [6.07, 6.45) is 1.30. The molecule has 0 atom stereocenters. The van der Waals surface area contributed by atoms with Gasteiger partial charge in [-0.3, -0.25) is 0 Å². The summed E-state index contributed by atoms with van der Waals surface area (Å²) in [5, 5.41) is 9.00. The minimum Gasteiger partial charge on any atom is -0.478 e. The summed E-state index contributed by atoms with van der Waals surface area (Å²) in [5.41, 5.74) is -0.340. The monoisotopic (exact) mass is 229 g/mol. The second kappa shape index (κ2) is 4.16. The predicted molar refractivity (Wildman–Crippen MR) is 51.6 cm³/mol. The molecule has 2 heterocycles. The Kier molecular flexibility index (Phi) is 2.88. The van der Waals surface area contributed by atoms with Crippen LogP contribution in [-0.4, -0.2) is 34.5 Å². The topological polar surface area (TPSA) is 59.4 Å². The van der Waals surface area contributed by atoms with E-state index >= 15 is 0 Å². The van der Waals surface area contributed by atoms with E-state index in [2.05, 4.69) is 4.98 Å². The fourth-order valence-electron chi connectivity index (χ4n) is 1.11. The predicted octanol–water partition coefficient (Wildman–Crippen LogP) is 1.41. The maximum Gasteiger partial charge on any atom is 0.338 e. The average Bonchev–Trinajstić information content (AvgIpc) is 2.13. The Morgan fingerprint density at radius 3 is 2.93 bits per heavy atom. The summed E-state index contributed by atoms with van der Waals surface area (Å²) in [6.45, 7) is 1.12. The van der Waals surface area contributed by atoms with Crippen molar-refractivity contribution >= 4 is 17.7 Å². The minimum atomic E-state index is -1.28. The molecule has 0 radical (unpaired) electrons. The number of aromatic nitrogens is 1. The summed E-state index contributed by atoms with van der Waals surface area (Å²) >= 11 is 1.21. The van der Waals surface area contributed by atoms with Gasteiger partial charge in [0.2, 0.25) is 0 Å². The maximum absolute atomic E-state index is 13.5. The Bertz CT molecular complexity index is 395. The second-order valence-corrected chi connectivity index (χ2v) is 4.35. The molecule has 0 amide bonds. The van der Waals surface area contributed by atoms with Crippen molar-refractivity contribution in [1.82, 2.24) is 4.98 Å². The van der Waals surface area contributed by atoms with E-state index in [4.69, 9.17) is 9.84 Å². The van der Waals surface area contributed by atoms with E-state index in [9.17, 15) is 9.18 Å². The highest BCUT2D eigenvalue weighted by atomic mass is 32.2. The molecule has 1 aromatic heterocycles. The molecule has 1 aromatic rings. The zero-order valence-corrected chi connectivity index (χ0v) is 8.46. The highest BCUT2D eigenvalue weighted by molar-refractivity contribution is 8.00. The summed E-state index contributed by atoms with van der Waals surface area (Å²) in [7, 11) is 0. The molecule has 4 nitrogen and oxygen atoms in total. The van der Waals surface area contributed by atoms with Gasteiger partial charge < -0.3 is 9.84 Å². The molecule has 0 aromatic carbocycles. The lowest BCUT2D eigenvalue weighted by molar-refractivity contribution is 0.0454. The molecule has 1 fully saturated rings. The van der Waals surface area contributed by atoms with E-state index in [0.29, 0.717) is 13.2 Å². The standard InChI is InChI=1S/C9H8FNO3S/c10-7-6(9(12)13)1-2-11-8(7)15-5-3-14-4-5/h1-2,5H,3-4H2,(H,12,13). The normalized spacial score (nSPS) is 16.1. The average molecular weight is 229 g/mol. The number of aromatic carboxylic acids is 1. The van der Waals surface area contributed by atoms with Crippen molar-refractivity contribution in [2.45, 2.75) is 10.3 Å². The molecule has 0 aliphatic carbocycles. The Hall–Kier alpha value is -1.14. The van der Waals surface area contributed by atoms with Gasteiger partial charge in [0.05, 0.1) is 24.0 Å². The Morgan fingerprint density at radius 2 is 2.40 bits per heavy atom. The van der Waals surface area contributed by atoms with Crippen LogP contribution in [0.2, 0.25) is 0 Å². The number of ether oxygens (including phenoxy) is 1. The van der Waals surface area contributed by atoms with Crippen LogP contribution in [0.1, 0.15) is 10.4 Å². The van der Waals surface area contributed by atoms with E-state index in [1.807, 2.05) is 0 Å². The van der Waals surface area contributed by atoms with Crippen molar-refractivity contribution in [3.05, 3.63) is 23.6 Å². The lowest BCUT2D eigenvalue weighted by Crippen LogP contribution is -2.30. The van der Waals surface area contributed by atoms with Crippen LogP contribution >= 0.6 is 11.8 Å². The van der Waals surface area contributed by atoms with E-state index in [1.54, 1.807) is 0 Å². The third kappa shape index (κ3) is 2.10. The highest BCUT2D eigenvalue weighted by Gasteiger charge is 2.23. The number of carbonyl (C=O) groups is 1. The van der Waals surface area contributed by atoms with Crippen LogP contribution < -0.4 is 0 Å². The number of rotatable bonds is 3. The van der Waals surface area contributed by atoms with Crippen molar-refractivity contribution in [1.29, 1.82) is 0 Å². The number of carboxylic acid groups (broad SMARTS) is 1. The van der Waals surface area contributed by atoms with Gasteiger partial charge in [0.25, 0.3) is 0 Å². The number of halogens is 1. The van der Waals surface area contributed by atoms with E-state index in [1.165, 1.54) is 18.0 Å². The van der Waals surface area contributed by atoms with Crippen LogP contribution in [-0.2, 0) is 4.74 Å². The molecular formula is C9H8FNO3S. The Labute approximate surface area is 89.5 Å². The highest BCUT2D eigenvalue weighted by Crippen LogP contribution is 2.29. The van der Waals surface area contributed by atoms with E-state index in [0.717, 1.165) is 6.07 Å². The van der Waals surface area contributed by atoms with Crippen molar-refractivity contribution in [2.24, 2.45) is 0 Å². The van der Waals surface area contributed by atoms with Crippen molar-refractivity contribution in [2.75, 3.05) is 13.2 Å². The molecule has 2 rings (SSSR count). The molecule has 0 spiro atoms. The second-order valence-electron chi connectivity index (χ2n) is 3.06. The van der Waals surface area contributed by atoms with Gasteiger partial charge in [-0.1, -0.05) is 11.8 Å². The van der Waals surface area contributed by atoms with Crippen molar-refractivity contribution in [3.63, 3.8) is 0 Å². The molecular weight excluding hydrogens is 221 g/mol. The van der Waals surface area contributed by atoms with Gasteiger partial charge in [0.1, 0.15) is 5.03 Å². The molecule has 1 aliphatic rings. The Morgan fingerprint density at radius 1 is 1.67 bits per heavy atom. The van der Waals surface area contributed by atoms with Gasteiger partial charge in [-0.15, -0.1) is 0 Å². The summed E-state index contributed by atoms with van der Waals surface area (Å²) in [5.74, 6) is -2.04. The van der Waals surface area contributed by atoms with Gasteiger partial charge in [-0.2, -0.15) is 0 Å². The van der Waals surface area contributed by atoms with Crippen LogP contribution in [0.15, 0.2) is 17.3 Å². The summed E-state index contributed by atoms with van der Waals surface area (Å²) < 4.78 is 18.5. The van der Waals surface area contributed by atoms with E-state index in [-0.39, 0.29) is 15.8 Å². The van der Waals surface area contributed by atoms with Crippen LogP contribution in [0, 0.1) is 5.82 Å². The van der Waals surface area contributed by atoms with Crippen LogP contribution in [0.25, 0.3) is 0 Å². The first-order valence-corrected chi connectivity index (χ1v) is 5.18. The molecule has 0 saturated carbocycles. The first-order valence-electron chi connectivity index (χ1n) is 4.30. The molecule has 1 saturated heterocycles. The third-order valence-electron chi connectivity index (χ3n) is 1.97. The number of hydrogen-bond donors (Lipinski definition) is 1. The largest absolute Gasteiger partial charge is 0.478 e. The van der Waals surface area contributed by atoms with E-state index < -0.39 is 11.8 Å². The number of carboxylic acids is 1. The third-order valence-corrected chi connectivity index (χ3v) is 3.09. The molecule has 1 aliphatic heterocycles. The maximum atomic E-state index is 13.5. The van der Waals surface area contributed by atoms with Gasteiger partial charge in [-0.25, -0.2) is 14.2 Å². The number of pyridine rings is 1. The van der Waals surface area contributed by atoms with Crippen LogP contribution in [0.3, 0.4) is 0 Å². The van der Waals surface area contributed by atoms with Gasteiger partial charge in [0.15, 0.2) is 5.82 Å². The molecule has 0 unspecified atom stereocenters. The zero-order valence-electron chi connectivity index (χ0n) is 7.64. The first kappa shape index (κ1) is 10.4.